The van der Waals surface area contributed by atoms with Gasteiger partial charge in [-0.25, -0.2) is 4.98 Å². The fraction of sp³-hybridized carbons (Fsp3) is 0.387. The fourth-order valence-electron chi connectivity index (χ4n) is 6.71. The van der Waals surface area contributed by atoms with Crippen molar-refractivity contribution in [2.24, 2.45) is 0 Å². The number of ketones is 1. The van der Waals surface area contributed by atoms with Gasteiger partial charge in [-0.2, -0.15) is 9.61 Å². The first-order chi connectivity index (χ1) is 20.3. The molecule has 218 valence electrons. The van der Waals surface area contributed by atoms with Gasteiger partial charge in [-0.3, -0.25) is 14.6 Å². The summed E-state index contributed by atoms with van der Waals surface area (Å²) in [5.74, 6) is 0.550. The number of aliphatic hydroxyl groups excluding tert-OH is 1. The van der Waals surface area contributed by atoms with Crippen LogP contribution in [0, 0.1) is 0 Å². The van der Waals surface area contributed by atoms with Crippen LogP contribution >= 0.6 is 0 Å². The van der Waals surface area contributed by atoms with Crippen LogP contribution in [-0.2, 0) is 16.1 Å². The number of benzene rings is 1. The molecule has 1 amide bonds. The Kier molecular flexibility index (Phi) is 7.38. The van der Waals surface area contributed by atoms with E-state index in [2.05, 4.69) is 5.10 Å². The minimum Gasteiger partial charge on any atom is -0.496 e. The molecule has 3 aromatic heterocycles. The summed E-state index contributed by atoms with van der Waals surface area (Å²) in [5, 5.41) is 14.0. The Morgan fingerprint density at radius 1 is 1.07 bits per heavy atom. The molecule has 0 saturated carbocycles. The number of fused-ring (bicyclic) bond motifs is 3. The Bertz CT molecular complexity index is 1650. The Morgan fingerprint density at radius 2 is 1.81 bits per heavy atom. The lowest BCUT2D eigenvalue weighted by molar-refractivity contribution is -0.138. The summed E-state index contributed by atoms with van der Waals surface area (Å²) < 4.78 is 12.3. The van der Waals surface area contributed by atoms with Crippen molar-refractivity contribution in [2.45, 2.75) is 57.2 Å². The van der Waals surface area contributed by atoms with Crippen molar-refractivity contribution in [1.82, 2.24) is 24.5 Å². The van der Waals surface area contributed by atoms with Gasteiger partial charge in [-0.05, 0) is 56.9 Å². The number of nitrogen functional groups attached to an aromatic ring is 1. The first-order valence-electron chi connectivity index (χ1n) is 14.1. The molecule has 2 aliphatic heterocycles. The third kappa shape index (κ3) is 4.68. The van der Waals surface area contributed by atoms with Crippen LogP contribution in [0.1, 0.15) is 60.1 Å². The number of nitrogens with two attached hydrogens (primary N) is 1. The van der Waals surface area contributed by atoms with Gasteiger partial charge in [0.05, 0.1) is 36.9 Å². The standard InChI is InChI=1S/C31H34N6O5/c1-17(39)28-29(20-11-22-6-7-23(12-20)36(22)27(40)15-38)35-31-24(14-34-37(31)30(28)32)19-4-8-25(33-13-19)18-5-9-26(42-3)21(10-18)16-41-2/h4-5,8-10,13-14,20,22-23,38H,6-7,11-12,15-16,32H2,1-3H3/t20-,22+,23-. The number of carbonyl (C=O) groups is 2. The van der Waals surface area contributed by atoms with Crippen molar-refractivity contribution in [3.05, 3.63) is 59.5 Å². The van der Waals surface area contributed by atoms with E-state index in [9.17, 15) is 14.7 Å². The molecule has 2 saturated heterocycles. The maximum Gasteiger partial charge on any atom is 0.248 e. The number of nitrogens with zero attached hydrogens (tertiary/aromatic N) is 5. The third-order valence-corrected chi connectivity index (χ3v) is 8.56. The largest absolute Gasteiger partial charge is 0.496 e. The average Bonchev–Trinajstić information content (AvgIpc) is 3.54. The molecule has 42 heavy (non-hydrogen) atoms. The number of amides is 1. The first-order valence-corrected chi connectivity index (χ1v) is 14.1. The van der Waals surface area contributed by atoms with E-state index >= 15 is 0 Å². The van der Waals surface area contributed by atoms with E-state index in [4.69, 9.17) is 25.2 Å². The number of rotatable bonds is 8. The summed E-state index contributed by atoms with van der Waals surface area (Å²) in [7, 11) is 3.28. The minimum atomic E-state index is -0.494. The molecule has 0 spiro atoms. The van der Waals surface area contributed by atoms with Crippen LogP contribution in [0.5, 0.6) is 5.75 Å². The molecule has 3 atom stereocenters. The van der Waals surface area contributed by atoms with E-state index in [1.165, 1.54) is 11.4 Å². The minimum absolute atomic E-state index is 0.0101. The zero-order chi connectivity index (χ0) is 29.5. The molecule has 0 aliphatic carbocycles. The van der Waals surface area contributed by atoms with E-state index in [0.29, 0.717) is 36.4 Å². The molecule has 11 nitrogen and oxygen atoms in total. The smallest absolute Gasteiger partial charge is 0.248 e. The number of anilines is 1. The lowest BCUT2D eigenvalue weighted by Gasteiger charge is -2.39. The highest BCUT2D eigenvalue weighted by atomic mass is 16.5. The highest BCUT2D eigenvalue weighted by Gasteiger charge is 2.44. The molecule has 2 fully saturated rings. The number of aromatic nitrogens is 4. The molecule has 0 radical (unpaired) electrons. The van der Waals surface area contributed by atoms with Crippen LogP contribution in [0.15, 0.2) is 42.7 Å². The van der Waals surface area contributed by atoms with Crippen LogP contribution in [-0.4, -0.2) is 74.2 Å². The molecule has 4 aromatic rings. The highest BCUT2D eigenvalue weighted by Crippen LogP contribution is 2.44. The summed E-state index contributed by atoms with van der Waals surface area (Å²) >= 11 is 0. The molecule has 6 rings (SSSR count). The lowest BCUT2D eigenvalue weighted by atomic mass is 9.85. The molecule has 3 N–H and O–H groups in total. The zero-order valence-corrected chi connectivity index (χ0v) is 23.9. The second-order valence-corrected chi connectivity index (χ2v) is 11.0. The second kappa shape index (κ2) is 11.1. The Morgan fingerprint density at radius 3 is 2.43 bits per heavy atom. The van der Waals surface area contributed by atoms with Crippen molar-refractivity contribution in [3.8, 4) is 28.1 Å². The summed E-state index contributed by atoms with van der Waals surface area (Å²) in [6.45, 7) is 1.42. The quantitative estimate of drug-likeness (QED) is 0.303. The summed E-state index contributed by atoms with van der Waals surface area (Å²) in [4.78, 5) is 36.8. The predicted molar refractivity (Wildman–Crippen MR) is 156 cm³/mol. The SMILES string of the molecule is COCc1cc(-c2ccc(-c3cnn4c(N)c(C(C)=O)c([C@H]5C[C@H]6CC[C@@H](C5)N6C(=O)CO)nc34)cn2)ccc1OC. The van der Waals surface area contributed by atoms with Gasteiger partial charge >= 0.3 is 0 Å². The van der Waals surface area contributed by atoms with Crippen molar-refractivity contribution in [3.63, 3.8) is 0 Å². The Balaban J connectivity index is 1.37. The van der Waals surface area contributed by atoms with Crippen LogP contribution in [0.25, 0.3) is 28.0 Å². The number of hydrogen-bond acceptors (Lipinski definition) is 9. The van der Waals surface area contributed by atoms with Crippen molar-refractivity contribution < 1.29 is 24.2 Å². The normalized spacial score (nSPS) is 19.8. The summed E-state index contributed by atoms with van der Waals surface area (Å²) in [5.41, 5.74) is 12.4. The maximum absolute atomic E-state index is 12.8. The van der Waals surface area contributed by atoms with Crippen LogP contribution < -0.4 is 10.5 Å². The predicted octanol–water partition coefficient (Wildman–Crippen LogP) is 3.63. The summed E-state index contributed by atoms with van der Waals surface area (Å²) in [6.07, 6.45) is 6.55. The van der Waals surface area contributed by atoms with Gasteiger partial charge in [0.1, 0.15) is 18.2 Å². The van der Waals surface area contributed by atoms with Gasteiger partial charge in [0.2, 0.25) is 5.91 Å². The van der Waals surface area contributed by atoms with Gasteiger partial charge < -0.3 is 25.2 Å². The second-order valence-electron chi connectivity index (χ2n) is 11.0. The van der Waals surface area contributed by atoms with Crippen molar-refractivity contribution in [1.29, 1.82) is 0 Å². The molecular formula is C31H34N6O5. The van der Waals surface area contributed by atoms with Gasteiger partial charge in [0.15, 0.2) is 11.4 Å². The summed E-state index contributed by atoms with van der Waals surface area (Å²) in [6, 6.07) is 9.80. The number of Topliss-reactive ketones (excluding diaryl/α,β-unsaturated/α-hetero) is 1. The Hall–Kier alpha value is -4.35. The van der Waals surface area contributed by atoms with Crippen LogP contribution in [0.4, 0.5) is 5.82 Å². The highest BCUT2D eigenvalue weighted by molar-refractivity contribution is 6.00. The molecular weight excluding hydrogens is 536 g/mol. The van der Waals surface area contributed by atoms with Gasteiger partial charge in [0.25, 0.3) is 0 Å². The number of carbonyl (C=O) groups excluding carboxylic acids is 2. The van der Waals surface area contributed by atoms with E-state index in [1.807, 2.05) is 35.2 Å². The van der Waals surface area contributed by atoms with Gasteiger partial charge in [-0.15, -0.1) is 0 Å². The molecule has 1 aromatic carbocycles. The number of aliphatic hydroxyl groups is 1. The van der Waals surface area contributed by atoms with Crippen LogP contribution in [0.2, 0.25) is 0 Å². The third-order valence-electron chi connectivity index (χ3n) is 8.56. The monoisotopic (exact) mass is 570 g/mol. The van der Waals surface area contributed by atoms with E-state index < -0.39 is 6.61 Å². The first kappa shape index (κ1) is 27.8. The van der Waals surface area contributed by atoms with Crippen LogP contribution in [0.3, 0.4) is 0 Å². The average molecular weight is 571 g/mol. The van der Waals surface area contributed by atoms with Gasteiger partial charge in [0, 0.05) is 53.6 Å². The topological polar surface area (TPSA) is 145 Å². The zero-order valence-electron chi connectivity index (χ0n) is 23.9. The number of hydrogen-bond donors (Lipinski definition) is 2. The molecule has 11 heteroatoms. The van der Waals surface area contributed by atoms with Gasteiger partial charge in [-0.1, -0.05) is 6.07 Å². The Labute approximate surface area is 243 Å². The molecule has 5 heterocycles. The van der Waals surface area contributed by atoms with Crippen molar-refractivity contribution in [2.75, 3.05) is 26.6 Å². The number of methoxy groups -OCH3 is 2. The lowest BCUT2D eigenvalue weighted by Crippen LogP contribution is -2.47. The van der Waals surface area contributed by atoms with E-state index in [-0.39, 0.29) is 35.5 Å². The molecule has 2 bridgehead atoms. The number of ether oxygens (including phenoxy) is 2. The van der Waals surface area contributed by atoms with E-state index in [1.54, 1.807) is 26.6 Å². The fourth-order valence-corrected chi connectivity index (χ4v) is 6.71. The maximum atomic E-state index is 12.8. The van der Waals surface area contributed by atoms with Crippen molar-refractivity contribution >= 4 is 23.2 Å². The van der Waals surface area contributed by atoms with E-state index in [0.717, 1.165) is 46.5 Å². The number of pyridine rings is 1. The molecule has 0 unspecified atom stereocenters. The molecule has 2 aliphatic rings. The number of piperidine rings is 1.